The van der Waals surface area contributed by atoms with Crippen LogP contribution in [0, 0.1) is 11.8 Å². The molecule has 1 fully saturated rings. The molecule has 0 aromatic rings. The van der Waals surface area contributed by atoms with E-state index in [-0.39, 0.29) is 6.10 Å². The minimum Gasteiger partial charge on any atom is -0.359 e. The Hall–Kier alpha value is -0.383. The average Bonchev–Trinajstić information content (AvgIpc) is 2.64. The minimum atomic E-state index is -1.11. The van der Waals surface area contributed by atoms with Gasteiger partial charge >= 0.3 is 0 Å². The van der Waals surface area contributed by atoms with Gasteiger partial charge in [-0.2, -0.15) is 0 Å². The lowest BCUT2D eigenvalue weighted by Crippen LogP contribution is -2.25. The molecule has 0 aromatic heterocycles. The molecule has 98 valence electrons. The van der Waals surface area contributed by atoms with Crippen LogP contribution in [0.5, 0.6) is 0 Å². The van der Waals surface area contributed by atoms with Crippen molar-refractivity contribution in [3.05, 3.63) is 24.4 Å². The quantitative estimate of drug-likeness (QED) is 0.409. The van der Waals surface area contributed by atoms with Crippen LogP contribution in [0.15, 0.2) is 24.4 Å². The second kappa shape index (κ2) is 6.52. The number of methoxy groups -OCH3 is 1. The van der Waals surface area contributed by atoms with Crippen LogP contribution in [-0.2, 0) is 9.47 Å². The minimum absolute atomic E-state index is 0.250. The predicted molar refractivity (Wildman–Crippen MR) is 75.6 cm³/mol. The molecule has 0 spiro atoms. The normalized spacial score (nSPS) is 30.0. The van der Waals surface area contributed by atoms with Crippen LogP contribution >= 0.6 is 0 Å². The average molecular weight is 254 g/mol. The number of rotatable bonds is 6. The monoisotopic (exact) mass is 254 g/mol. The van der Waals surface area contributed by atoms with Crippen LogP contribution in [0.4, 0.5) is 0 Å². The first kappa shape index (κ1) is 14.7. The molecule has 0 amide bonds. The van der Waals surface area contributed by atoms with Gasteiger partial charge in [-0.05, 0) is 12.8 Å². The lowest BCUT2D eigenvalue weighted by Gasteiger charge is -2.22. The summed E-state index contributed by atoms with van der Waals surface area (Å²) in [4.78, 5) is 0. The van der Waals surface area contributed by atoms with Crippen LogP contribution in [0.3, 0.4) is 0 Å². The highest BCUT2D eigenvalue weighted by Gasteiger charge is 2.33. The van der Waals surface area contributed by atoms with Gasteiger partial charge in [0, 0.05) is 18.9 Å². The fraction of sp³-hybridized carbons (Fsp3) is 0.714. The molecule has 2 nitrogen and oxygen atoms in total. The third-order valence-electron chi connectivity index (χ3n) is 3.20. The molecule has 0 radical (unpaired) electrons. The molecule has 0 bridgehead atoms. The van der Waals surface area contributed by atoms with E-state index in [9.17, 15) is 0 Å². The first-order valence-electron chi connectivity index (χ1n) is 6.40. The maximum absolute atomic E-state index is 5.80. The lowest BCUT2D eigenvalue weighted by atomic mass is 10.0. The number of hydrogen-bond acceptors (Lipinski definition) is 2. The fourth-order valence-corrected chi connectivity index (χ4v) is 3.12. The molecule has 0 saturated heterocycles. The van der Waals surface area contributed by atoms with Crippen LogP contribution < -0.4 is 0 Å². The van der Waals surface area contributed by atoms with E-state index >= 15 is 0 Å². The van der Waals surface area contributed by atoms with Gasteiger partial charge in [-0.15, -0.1) is 6.58 Å². The second-order valence-corrected chi connectivity index (χ2v) is 11.0. The molecule has 1 rings (SSSR count). The van der Waals surface area contributed by atoms with Gasteiger partial charge in [0.25, 0.3) is 0 Å². The Morgan fingerprint density at radius 1 is 1.24 bits per heavy atom. The van der Waals surface area contributed by atoms with E-state index in [4.69, 9.17) is 9.47 Å². The summed E-state index contributed by atoms with van der Waals surface area (Å²) in [5.74, 6) is 1.00. The van der Waals surface area contributed by atoms with E-state index in [2.05, 4.69) is 38.0 Å². The Balaban J connectivity index is 2.63. The first-order chi connectivity index (χ1) is 7.98. The molecule has 0 aromatic carbocycles. The zero-order chi connectivity index (χ0) is 12.9. The Morgan fingerprint density at radius 3 is 2.41 bits per heavy atom. The molecule has 0 aliphatic heterocycles. The Morgan fingerprint density at radius 2 is 1.88 bits per heavy atom. The van der Waals surface area contributed by atoms with Crippen LogP contribution in [-0.4, -0.2) is 28.1 Å². The van der Waals surface area contributed by atoms with E-state index in [0.29, 0.717) is 18.6 Å². The highest BCUT2D eigenvalue weighted by molar-refractivity contribution is 6.80. The summed E-state index contributed by atoms with van der Waals surface area (Å²) >= 11 is 0. The van der Waals surface area contributed by atoms with Gasteiger partial charge in [0.1, 0.15) is 6.79 Å². The highest BCUT2D eigenvalue weighted by atomic mass is 28.3. The highest BCUT2D eigenvalue weighted by Crippen LogP contribution is 2.35. The van der Waals surface area contributed by atoms with Crippen molar-refractivity contribution in [3.8, 4) is 0 Å². The first-order valence-corrected chi connectivity index (χ1v) is 9.98. The molecule has 0 heterocycles. The fourth-order valence-electron chi connectivity index (χ4n) is 2.29. The zero-order valence-electron chi connectivity index (χ0n) is 11.6. The number of hydrogen-bond donors (Lipinski definition) is 0. The molecule has 0 unspecified atom stereocenters. The van der Waals surface area contributed by atoms with E-state index in [1.54, 1.807) is 7.11 Å². The maximum atomic E-state index is 5.80. The van der Waals surface area contributed by atoms with E-state index < -0.39 is 8.07 Å². The van der Waals surface area contributed by atoms with Crippen LogP contribution in [0.1, 0.15) is 12.8 Å². The van der Waals surface area contributed by atoms with Gasteiger partial charge in [0.2, 0.25) is 0 Å². The summed E-state index contributed by atoms with van der Waals surface area (Å²) in [5.41, 5.74) is 2.42. The Kier molecular flexibility index (Phi) is 5.63. The summed E-state index contributed by atoms with van der Waals surface area (Å²) in [7, 11) is 0.560. The third kappa shape index (κ3) is 4.78. The molecule has 3 atom stereocenters. The topological polar surface area (TPSA) is 18.5 Å². The maximum Gasteiger partial charge on any atom is 0.146 e. The van der Waals surface area contributed by atoms with Crippen molar-refractivity contribution in [2.24, 2.45) is 11.8 Å². The van der Waals surface area contributed by atoms with E-state index in [0.717, 1.165) is 0 Å². The summed E-state index contributed by atoms with van der Waals surface area (Å²) in [6.07, 6.45) is 7.03. The summed E-state index contributed by atoms with van der Waals surface area (Å²) in [6.45, 7) is 11.4. The SMILES string of the molecule is C=C[C@H]1CC[C@@H](/C=C/[Si](C)(C)C)[C@H]1OCOC. The van der Waals surface area contributed by atoms with Crippen molar-refractivity contribution in [1.82, 2.24) is 0 Å². The van der Waals surface area contributed by atoms with Gasteiger partial charge in [0.15, 0.2) is 0 Å². The third-order valence-corrected chi connectivity index (χ3v) is 4.39. The molecular weight excluding hydrogens is 228 g/mol. The van der Waals surface area contributed by atoms with Crippen molar-refractivity contribution in [1.29, 1.82) is 0 Å². The zero-order valence-corrected chi connectivity index (χ0v) is 12.6. The predicted octanol–water partition coefficient (Wildman–Crippen LogP) is 3.62. The summed E-state index contributed by atoms with van der Waals surface area (Å²) in [6, 6.07) is 0. The van der Waals surface area contributed by atoms with Crippen LogP contribution in [0.25, 0.3) is 0 Å². The van der Waals surface area contributed by atoms with Crippen molar-refractivity contribution in [2.75, 3.05) is 13.9 Å². The van der Waals surface area contributed by atoms with Gasteiger partial charge in [-0.25, -0.2) is 0 Å². The Labute approximate surface area is 107 Å². The molecule has 3 heteroatoms. The summed E-state index contributed by atoms with van der Waals surface area (Å²) < 4.78 is 10.8. The van der Waals surface area contributed by atoms with Crippen molar-refractivity contribution in [3.63, 3.8) is 0 Å². The second-order valence-electron chi connectivity index (χ2n) is 5.90. The number of ether oxygens (including phenoxy) is 2. The van der Waals surface area contributed by atoms with E-state index in [1.807, 2.05) is 6.08 Å². The molecule has 1 aliphatic rings. The van der Waals surface area contributed by atoms with Crippen molar-refractivity contribution in [2.45, 2.75) is 38.6 Å². The van der Waals surface area contributed by atoms with Gasteiger partial charge in [-0.3, -0.25) is 0 Å². The van der Waals surface area contributed by atoms with Gasteiger partial charge in [-0.1, -0.05) is 37.5 Å². The summed E-state index contributed by atoms with van der Waals surface area (Å²) in [5, 5.41) is 0. The van der Waals surface area contributed by atoms with Gasteiger partial charge < -0.3 is 9.47 Å². The Bertz CT molecular complexity index is 268. The largest absolute Gasteiger partial charge is 0.359 e. The molecule has 1 saturated carbocycles. The standard InChI is InChI=1S/C14H26O2Si/c1-6-12-7-8-13(9-10-17(3,4)5)14(12)16-11-15-2/h6,9-10,12-14H,1,7-8,11H2,2-5H3/b10-9+/t12-,13-,14-/m0/s1. The lowest BCUT2D eigenvalue weighted by molar-refractivity contribution is -0.0872. The van der Waals surface area contributed by atoms with E-state index in [1.165, 1.54) is 12.8 Å². The molecule has 17 heavy (non-hydrogen) atoms. The molecule has 1 aliphatic carbocycles. The molecule has 0 N–H and O–H groups in total. The van der Waals surface area contributed by atoms with Crippen LogP contribution in [0.2, 0.25) is 19.6 Å². The van der Waals surface area contributed by atoms with Crippen molar-refractivity contribution >= 4 is 8.07 Å². The van der Waals surface area contributed by atoms with Crippen molar-refractivity contribution < 1.29 is 9.47 Å². The smallest absolute Gasteiger partial charge is 0.146 e. The molecular formula is C14H26O2Si. The van der Waals surface area contributed by atoms with Gasteiger partial charge in [0.05, 0.1) is 14.2 Å².